The minimum atomic E-state index is 0.636. The Labute approximate surface area is 140 Å². The number of benzene rings is 1. The minimum absolute atomic E-state index is 0.636. The fourth-order valence-electron chi connectivity index (χ4n) is 2.99. The normalized spacial score (nSPS) is 20.6. The lowest BCUT2D eigenvalue weighted by Gasteiger charge is -2.29. The average molecular weight is 319 g/mol. The summed E-state index contributed by atoms with van der Waals surface area (Å²) in [5.41, 5.74) is 3.69. The monoisotopic (exact) mass is 318 g/mol. The van der Waals surface area contributed by atoms with Crippen molar-refractivity contribution >= 4 is 22.6 Å². The van der Waals surface area contributed by atoms with E-state index in [1.165, 1.54) is 28.5 Å². The zero-order valence-corrected chi connectivity index (χ0v) is 15.7. The molecule has 0 spiro atoms. The van der Waals surface area contributed by atoms with Crippen molar-refractivity contribution < 1.29 is 0 Å². The molecule has 0 bridgehead atoms. The lowest BCUT2D eigenvalue weighted by atomic mass is 10.0. The van der Waals surface area contributed by atoms with Gasteiger partial charge in [0.05, 0.1) is 5.69 Å². The predicted octanol–water partition coefficient (Wildman–Crippen LogP) is 5.41. The first-order valence-electron chi connectivity index (χ1n) is 8.42. The third-order valence-electron chi connectivity index (χ3n) is 3.97. The standard InChI is InChI=1S/C19H30N2S/c1-13(2)9-17-12-22-19(21(17)11-14(3)4)20-18-8-7-15(5)10-16(18)6/h7-8,10,13-14,17H,9,11-12H2,1-6H3. The van der Waals surface area contributed by atoms with Gasteiger partial charge in [0.2, 0.25) is 0 Å². The van der Waals surface area contributed by atoms with E-state index in [-0.39, 0.29) is 0 Å². The SMILES string of the molecule is Cc1ccc(N=C2SCC(CC(C)C)N2CC(C)C)c(C)c1. The van der Waals surface area contributed by atoms with Crippen LogP contribution in [0, 0.1) is 25.7 Å². The van der Waals surface area contributed by atoms with Crippen molar-refractivity contribution in [3.63, 3.8) is 0 Å². The summed E-state index contributed by atoms with van der Waals surface area (Å²) in [6.07, 6.45) is 1.26. The first kappa shape index (κ1) is 17.4. The predicted molar refractivity (Wildman–Crippen MR) is 100 cm³/mol. The van der Waals surface area contributed by atoms with E-state index in [1.807, 2.05) is 11.8 Å². The van der Waals surface area contributed by atoms with E-state index in [0.29, 0.717) is 12.0 Å². The molecule has 0 radical (unpaired) electrons. The molecule has 1 atom stereocenters. The van der Waals surface area contributed by atoms with Gasteiger partial charge in [-0.2, -0.15) is 0 Å². The summed E-state index contributed by atoms with van der Waals surface area (Å²) in [7, 11) is 0. The van der Waals surface area contributed by atoms with Crippen molar-refractivity contribution in [2.75, 3.05) is 12.3 Å². The van der Waals surface area contributed by atoms with Gasteiger partial charge >= 0.3 is 0 Å². The molecule has 1 unspecified atom stereocenters. The zero-order chi connectivity index (χ0) is 16.3. The average Bonchev–Trinajstić information content (AvgIpc) is 2.74. The third-order valence-corrected chi connectivity index (χ3v) is 5.10. The Balaban J connectivity index is 2.25. The lowest BCUT2D eigenvalue weighted by Crippen LogP contribution is -2.37. The van der Waals surface area contributed by atoms with Crippen molar-refractivity contribution in [1.82, 2.24) is 4.90 Å². The quantitative estimate of drug-likeness (QED) is 0.721. The molecule has 0 saturated carbocycles. The second kappa shape index (κ2) is 7.54. The Morgan fingerprint density at radius 2 is 1.91 bits per heavy atom. The summed E-state index contributed by atoms with van der Waals surface area (Å²) >= 11 is 1.93. The molecule has 0 aliphatic carbocycles. The summed E-state index contributed by atoms with van der Waals surface area (Å²) < 4.78 is 0. The van der Waals surface area contributed by atoms with Gasteiger partial charge in [0.15, 0.2) is 5.17 Å². The van der Waals surface area contributed by atoms with E-state index in [4.69, 9.17) is 4.99 Å². The van der Waals surface area contributed by atoms with Crippen LogP contribution >= 0.6 is 11.8 Å². The van der Waals surface area contributed by atoms with E-state index in [9.17, 15) is 0 Å². The molecule has 1 aromatic rings. The Morgan fingerprint density at radius 3 is 2.50 bits per heavy atom. The van der Waals surface area contributed by atoms with Crippen LogP contribution in [0.3, 0.4) is 0 Å². The van der Waals surface area contributed by atoms with Crippen molar-refractivity contribution in [3.8, 4) is 0 Å². The van der Waals surface area contributed by atoms with E-state index in [2.05, 4.69) is 64.6 Å². The molecule has 0 aromatic heterocycles. The number of thioether (sulfide) groups is 1. The van der Waals surface area contributed by atoms with E-state index < -0.39 is 0 Å². The van der Waals surface area contributed by atoms with Gasteiger partial charge in [-0.3, -0.25) is 0 Å². The summed E-state index contributed by atoms with van der Waals surface area (Å²) in [5, 5.41) is 1.21. The van der Waals surface area contributed by atoms with Crippen LogP contribution in [0.5, 0.6) is 0 Å². The smallest absolute Gasteiger partial charge is 0.164 e. The van der Waals surface area contributed by atoms with Gasteiger partial charge in [0.25, 0.3) is 0 Å². The fourth-order valence-corrected chi connectivity index (χ4v) is 4.20. The molecular formula is C19H30N2S. The molecule has 1 aromatic carbocycles. The van der Waals surface area contributed by atoms with Crippen molar-refractivity contribution in [2.24, 2.45) is 16.8 Å². The maximum Gasteiger partial charge on any atom is 0.164 e. The first-order chi connectivity index (χ1) is 10.4. The first-order valence-corrected chi connectivity index (χ1v) is 9.40. The van der Waals surface area contributed by atoms with Gasteiger partial charge in [0.1, 0.15) is 0 Å². The summed E-state index contributed by atoms with van der Waals surface area (Å²) in [4.78, 5) is 7.55. The molecule has 1 fully saturated rings. The van der Waals surface area contributed by atoms with Gasteiger partial charge in [-0.05, 0) is 43.7 Å². The Morgan fingerprint density at radius 1 is 1.18 bits per heavy atom. The molecule has 122 valence electrons. The zero-order valence-electron chi connectivity index (χ0n) is 14.9. The van der Waals surface area contributed by atoms with Crippen molar-refractivity contribution in [2.45, 2.75) is 54.0 Å². The number of aryl methyl sites for hydroxylation is 2. The summed E-state index contributed by atoms with van der Waals surface area (Å²) in [6.45, 7) is 14.6. The maximum absolute atomic E-state index is 5.00. The molecule has 1 aliphatic rings. The molecule has 0 amide bonds. The number of nitrogens with zero attached hydrogens (tertiary/aromatic N) is 2. The topological polar surface area (TPSA) is 15.6 Å². The van der Waals surface area contributed by atoms with Crippen LogP contribution in [0.4, 0.5) is 5.69 Å². The molecular weight excluding hydrogens is 288 g/mol. The Hall–Kier alpha value is -0.960. The summed E-state index contributed by atoms with van der Waals surface area (Å²) in [6, 6.07) is 7.17. The third kappa shape index (κ3) is 4.52. The Bertz CT molecular complexity index is 534. The lowest BCUT2D eigenvalue weighted by molar-refractivity contribution is 0.279. The fraction of sp³-hybridized carbons (Fsp3) is 0.632. The number of aliphatic imine (C=N–C) groups is 1. The molecule has 1 heterocycles. The summed E-state index contributed by atoms with van der Waals surface area (Å²) in [5.74, 6) is 2.58. The van der Waals surface area contributed by atoms with Crippen LogP contribution in [0.2, 0.25) is 0 Å². The maximum atomic E-state index is 5.00. The molecule has 1 saturated heterocycles. The van der Waals surface area contributed by atoms with E-state index >= 15 is 0 Å². The molecule has 1 aliphatic heterocycles. The number of hydrogen-bond acceptors (Lipinski definition) is 2. The van der Waals surface area contributed by atoms with Gasteiger partial charge in [0, 0.05) is 18.3 Å². The van der Waals surface area contributed by atoms with Gasteiger partial charge in [-0.1, -0.05) is 57.2 Å². The van der Waals surface area contributed by atoms with E-state index in [1.54, 1.807) is 0 Å². The van der Waals surface area contributed by atoms with Gasteiger partial charge in [-0.15, -0.1) is 0 Å². The molecule has 2 rings (SSSR count). The number of rotatable bonds is 5. The van der Waals surface area contributed by atoms with Crippen LogP contribution in [0.1, 0.15) is 45.2 Å². The molecule has 0 N–H and O–H groups in total. The largest absolute Gasteiger partial charge is 0.347 e. The van der Waals surface area contributed by atoms with Crippen LogP contribution in [0.25, 0.3) is 0 Å². The second-order valence-electron chi connectivity index (χ2n) is 7.32. The van der Waals surface area contributed by atoms with Crippen LogP contribution < -0.4 is 0 Å². The molecule has 3 heteroatoms. The molecule has 2 nitrogen and oxygen atoms in total. The minimum Gasteiger partial charge on any atom is -0.347 e. The number of hydrogen-bond donors (Lipinski definition) is 0. The highest BCUT2D eigenvalue weighted by atomic mass is 32.2. The van der Waals surface area contributed by atoms with Crippen LogP contribution in [-0.2, 0) is 0 Å². The molecule has 22 heavy (non-hydrogen) atoms. The van der Waals surface area contributed by atoms with Crippen LogP contribution in [-0.4, -0.2) is 28.4 Å². The van der Waals surface area contributed by atoms with Crippen LogP contribution in [0.15, 0.2) is 23.2 Å². The highest BCUT2D eigenvalue weighted by Gasteiger charge is 2.31. The Kier molecular flexibility index (Phi) is 5.96. The van der Waals surface area contributed by atoms with E-state index in [0.717, 1.165) is 18.2 Å². The second-order valence-corrected chi connectivity index (χ2v) is 8.31. The van der Waals surface area contributed by atoms with Gasteiger partial charge in [-0.25, -0.2) is 4.99 Å². The van der Waals surface area contributed by atoms with Crippen molar-refractivity contribution in [3.05, 3.63) is 29.3 Å². The number of amidine groups is 1. The highest BCUT2D eigenvalue weighted by molar-refractivity contribution is 8.14. The highest BCUT2D eigenvalue weighted by Crippen LogP contribution is 2.32. The van der Waals surface area contributed by atoms with Crippen molar-refractivity contribution in [1.29, 1.82) is 0 Å². The van der Waals surface area contributed by atoms with Gasteiger partial charge < -0.3 is 4.90 Å².